The van der Waals surface area contributed by atoms with E-state index in [-0.39, 0.29) is 65.4 Å². The van der Waals surface area contributed by atoms with Crippen molar-refractivity contribution in [2.45, 2.75) is 196 Å². The Balaban J connectivity index is 0.963. The molecule has 3 heterocycles. The number of anilines is 6. The van der Waals surface area contributed by atoms with Gasteiger partial charge in [-0.05, 0) is 270 Å². The molecular formula is C94H101N3. The van der Waals surface area contributed by atoms with E-state index in [1.54, 1.807) is 0 Å². The zero-order chi connectivity index (χ0) is 68.0. The highest BCUT2D eigenvalue weighted by Crippen LogP contribution is 2.74. The molecule has 0 radical (unpaired) electrons. The van der Waals surface area contributed by atoms with Crippen LogP contribution in [0.15, 0.2) is 212 Å². The van der Waals surface area contributed by atoms with Gasteiger partial charge in [-0.3, -0.25) is 0 Å². The molecule has 0 saturated heterocycles. The maximum atomic E-state index is 2.76. The summed E-state index contributed by atoms with van der Waals surface area (Å²) in [6.45, 7) is 46.2. The van der Waals surface area contributed by atoms with Gasteiger partial charge in [-0.2, -0.15) is 0 Å². The Bertz CT molecular complexity index is 4880. The molecule has 6 aliphatic rings. The van der Waals surface area contributed by atoms with Gasteiger partial charge < -0.3 is 14.7 Å². The van der Waals surface area contributed by atoms with Gasteiger partial charge in [0.1, 0.15) is 0 Å². The third-order valence-corrected chi connectivity index (χ3v) is 28.3. The van der Waals surface area contributed by atoms with E-state index >= 15 is 0 Å². The second kappa shape index (κ2) is 19.8. The van der Waals surface area contributed by atoms with Crippen LogP contribution in [0.1, 0.15) is 180 Å². The molecule has 11 aromatic carbocycles. The number of rotatable bonds is 7. The average molecular weight is 1270 g/mol. The minimum absolute atomic E-state index is 0.0153. The first kappa shape index (κ1) is 62.4. The van der Waals surface area contributed by atoms with Crippen molar-refractivity contribution in [2.24, 2.45) is 32.5 Å². The Hall–Kier alpha value is -8.14. The van der Waals surface area contributed by atoms with Gasteiger partial charge in [-0.15, -0.1) is 0 Å². The molecule has 3 aliphatic heterocycles. The Kier molecular flexibility index (Phi) is 12.7. The largest absolute Gasteiger partial charge is 0.334 e. The summed E-state index contributed by atoms with van der Waals surface area (Å²) in [6.07, 6.45) is 6.70. The number of nitrogens with zero attached hydrogens (tertiary/aromatic N) is 3. The molecule has 3 fully saturated rings. The van der Waals surface area contributed by atoms with Crippen LogP contribution in [-0.2, 0) is 16.2 Å². The fraction of sp³-hybridized carbons (Fsp3) is 0.383. The van der Waals surface area contributed by atoms with Gasteiger partial charge in [0.25, 0.3) is 0 Å². The summed E-state index contributed by atoms with van der Waals surface area (Å²) in [5, 5.41) is 7.89. The molecular weight excluding hydrogens is 1170 g/mol. The summed E-state index contributed by atoms with van der Waals surface area (Å²) < 4.78 is 0. The minimum Gasteiger partial charge on any atom is -0.334 e. The van der Waals surface area contributed by atoms with Crippen LogP contribution in [0.25, 0.3) is 76.8 Å². The normalized spacial score (nSPS) is 28.1. The van der Waals surface area contributed by atoms with Crippen molar-refractivity contribution < 1.29 is 0 Å². The quantitative estimate of drug-likeness (QED) is 0.147. The summed E-state index contributed by atoms with van der Waals surface area (Å²) >= 11 is 0. The third-order valence-electron chi connectivity index (χ3n) is 28.3. The van der Waals surface area contributed by atoms with Crippen molar-refractivity contribution in [1.29, 1.82) is 0 Å². The van der Waals surface area contributed by atoms with E-state index in [9.17, 15) is 0 Å². The van der Waals surface area contributed by atoms with E-state index < -0.39 is 0 Å². The molecule has 6 atom stereocenters. The third kappa shape index (κ3) is 8.10. The Morgan fingerprint density at radius 3 is 0.753 bits per heavy atom. The second-order valence-corrected chi connectivity index (χ2v) is 37.0. The van der Waals surface area contributed by atoms with Crippen molar-refractivity contribution in [1.82, 2.24) is 0 Å². The SMILES string of the molecule is CC1(C)CC(C)(C)C2(C)c3cc(-c4cc(-c5ccccc5)c5ccc6c(-c7ccc8c(c7)C7(C)C(C)(C)CC(C)(C)CC7(C)N8c7ccccc7)cc(-c7ccc8c(c7)C7(C)C(C)(C)CC(C)(C)CC7(C)N8c7ccccc7)c7ccc4c5c67)ccc3N(c3ccccc3)C2(C)C1. The molecule has 492 valence electrons. The van der Waals surface area contributed by atoms with Crippen LogP contribution in [0.4, 0.5) is 34.1 Å². The molecule has 0 N–H and O–H groups in total. The number of fused-ring (bicyclic) bond motifs is 9. The highest BCUT2D eigenvalue weighted by Gasteiger charge is 2.70. The van der Waals surface area contributed by atoms with Gasteiger partial charge >= 0.3 is 0 Å². The zero-order valence-electron chi connectivity index (χ0n) is 61.3. The molecule has 3 saturated carbocycles. The predicted molar refractivity (Wildman–Crippen MR) is 415 cm³/mol. The molecule has 11 aromatic rings. The van der Waals surface area contributed by atoms with Crippen LogP contribution < -0.4 is 14.7 Å². The van der Waals surface area contributed by atoms with Crippen LogP contribution in [0.3, 0.4) is 0 Å². The number of para-hydroxylation sites is 3. The molecule has 17 rings (SSSR count). The smallest absolute Gasteiger partial charge is 0.0528 e. The first-order valence-electron chi connectivity index (χ1n) is 36.6. The molecule has 0 amide bonds. The second-order valence-electron chi connectivity index (χ2n) is 37.0. The molecule has 97 heavy (non-hydrogen) atoms. The standard InChI is InChI=1S/C94H101N3/c1-83(2)54-86(7,8)92(16)75-49-61(39-46-78(75)95(89(92,13)57-83)64-33-25-20-26-34-64)72-52-71(60-31-23-19-24-32-60)67-42-43-69-73(62-40-47-79-76(50-62)93(17)87(9,10)55-84(3,4)58-90(93,14)96(79)65-35-27-21-28-36-65)53-74(70-45-44-68(72)81(67)82(69)70)63-41-48-80-77(51-63)94(18)88(11,12)56-85(5,6)59-91(94,15)97(80)66-37-29-22-30-38-66/h19-53H,54-59H2,1-18H3. The summed E-state index contributed by atoms with van der Waals surface area (Å²) in [6, 6.07) is 83.6. The van der Waals surface area contributed by atoms with E-state index in [4.69, 9.17) is 0 Å². The lowest BCUT2D eigenvalue weighted by Crippen LogP contribution is -2.65. The van der Waals surface area contributed by atoms with E-state index in [1.807, 2.05) is 0 Å². The van der Waals surface area contributed by atoms with Crippen molar-refractivity contribution in [3.8, 4) is 44.5 Å². The summed E-state index contributed by atoms with van der Waals surface area (Å²) in [5.74, 6) is 0. The first-order valence-corrected chi connectivity index (χ1v) is 36.6. The van der Waals surface area contributed by atoms with Gasteiger partial charge in [0.05, 0.1) is 16.6 Å². The zero-order valence-corrected chi connectivity index (χ0v) is 61.3. The first-order chi connectivity index (χ1) is 45.7. The molecule has 0 spiro atoms. The van der Waals surface area contributed by atoms with Crippen molar-refractivity contribution in [3.63, 3.8) is 0 Å². The van der Waals surface area contributed by atoms with Crippen LogP contribution in [-0.4, -0.2) is 16.6 Å². The van der Waals surface area contributed by atoms with Crippen LogP contribution in [0, 0.1) is 32.5 Å². The van der Waals surface area contributed by atoms with Crippen LogP contribution >= 0.6 is 0 Å². The van der Waals surface area contributed by atoms with Crippen molar-refractivity contribution in [2.75, 3.05) is 14.7 Å². The van der Waals surface area contributed by atoms with Crippen LogP contribution in [0.2, 0.25) is 0 Å². The Morgan fingerprint density at radius 2 is 0.485 bits per heavy atom. The lowest BCUT2D eigenvalue weighted by atomic mass is 9.45. The number of hydrogen-bond donors (Lipinski definition) is 0. The molecule has 0 aromatic heterocycles. The minimum atomic E-state index is -0.194. The average Bonchev–Trinajstić information content (AvgIpc) is 1.54. The number of hydrogen-bond acceptors (Lipinski definition) is 3. The Morgan fingerprint density at radius 1 is 0.237 bits per heavy atom. The predicted octanol–water partition coefficient (Wildman–Crippen LogP) is 26.3. The molecule has 0 bridgehead atoms. The van der Waals surface area contributed by atoms with E-state index in [0.29, 0.717) is 0 Å². The van der Waals surface area contributed by atoms with Gasteiger partial charge in [0, 0.05) is 50.4 Å². The van der Waals surface area contributed by atoms with Crippen molar-refractivity contribution >= 4 is 66.4 Å². The topological polar surface area (TPSA) is 9.72 Å². The monoisotopic (exact) mass is 1270 g/mol. The van der Waals surface area contributed by atoms with Gasteiger partial charge in [-0.1, -0.05) is 231 Å². The lowest BCUT2D eigenvalue weighted by molar-refractivity contribution is -0.0239. The molecule has 3 aliphatic carbocycles. The van der Waals surface area contributed by atoms with E-state index in [2.05, 4.69) is 352 Å². The van der Waals surface area contributed by atoms with Gasteiger partial charge in [0.15, 0.2) is 0 Å². The summed E-state index contributed by atoms with van der Waals surface area (Å²) in [5.41, 5.74) is 21.7. The highest BCUT2D eigenvalue weighted by molar-refractivity contribution is 6.32. The van der Waals surface area contributed by atoms with Crippen molar-refractivity contribution in [3.05, 3.63) is 229 Å². The van der Waals surface area contributed by atoms with E-state index in [1.165, 1.54) is 128 Å². The van der Waals surface area contributed by atoms with Crippen LogP contribution in [0.5, 0.6) is 0 Å². The maximum absolute atomic E-state index is 2.76. The lowest BCUT2D eigenvalue weighted by Gasteiger charge is -2.62. The summed E-state index contributed by atoms with van der Waals surface area (Å²) in [4.78, 5) is 8.27. The fourth-order valence-corrected chi connectivity index (χ4v) is 25.0. The number of benzene rings is 11. The molecule has 3 heteroatoms. The molecule has 6 unspecified atom stereocenters. The maximum Gasteiger partial charge on any atom is 0.0528 e. The van der Waals surface area contributed by atoms with E-state index in [0.717, 1.165) is 38.5 Å². The van der Waals surface area contributed by atoms with Gasteiger partial charge in [-0.25, -0.2) is 0 Å². The fourth-order valence-electron chi connectivity index (χ4n) is 25.0. The Labute approximate surface area is 579 Å². The molecule has 3 nitrogen and oxygen atoms in total. The highest BCUT2D eigenvalue weighted by atomic mass is 15.3. The summed E-state index contributed by atoms with van der Waals surface area (Å²) in [7, 11) is 0. The van der Waals surface area contributed by atoms with Gasteiger partial charge in [0.2, 0.25) is 0 Å².